The van der Waals surface area contributed by atoms with E-state index in [1.165, 1.54) is 6.20 Å². The number of aromatic nitrogens is 2. The summed E-state index contributed by atoms with van der Waals surface area (Å²) in [5.74, 6) is 1.16. The zero-order chi connectivity index (χ0) is 17.5. The SMILES string of the molecule is COc1ncc(Cl)nc1C1=CC2CN(C(=O)OC(C)(C)C)CC2C1. The molecule has 1 aromatic heterocycles. The fourth-order valence-electron chi connectivity index (χ4n) is 3.28. The topological polar surface area (TPSA) is 64.6 Å². The van der Waals surface area contributed by atoms with Gasteiger partial charge in [-0.05, 0) is 38.7 Å². The second kappa shape index (κ2) is 6.24. The number of likely N-dealkylation sites (tertiary alicyclic amines) is 1. The van der Waals surface area contributed by atoms with E-state index in [1.807, 2.05) is 20.8 Å². The number of hydrogen-bond acceptors (Lipinski definition) is 5. The monoisotopic (exact) mass is 351 g/mol. The van der Waals surface area contributed by atoms with E-state index in [1.54, 1.807) is 12.0 Å². The number of fused-ring (bicyclic) bond motifs is 1. The van der Waals surface area contributed by atoms with E-state index in [2.05, 4.69) is 16.0 Å². The molecule has 24 heavy (non-hydrogen) atoms. The Balaban J connectivity index is 1.73. The van der Waals surface area contributed by atoms with Crippen molar-refractivity contribution in [3.8, 4) is 5.88 Å². The highest BCUT2D eigenvalue weighted by atomic mass is 35.5. The van der Waals surface area contributed by atoms with Gasteiger partial charge < -0.3 is 14.4 Å². The molecule has 130 valence electrons. The van der Waals surface area contributed by atoms with Gasteiger partial charge in [-0.15, -0.1) is 0 Å². The van der Waals surface area contributed by atoms with Gasteiger partial charge in [0.15, 0.2) is 0 Å². The van der Waals surface area contributed by atoms with Crippen LogP contribution in [0.4, 0.5) is 4.79 Å². The Hall–Kier alpha value is -1.82. The van der Waals surface area contributed by atoms with Crippen molar-refractivity contribution in [2.75, 3.05) is 20.2 Å². The lowest BCUT2D eigenvalue weighted by atomic mass is 9.99. The van der Waals surface area contributed by atoms with Crippen molar-refractivity contribution in [1.29, 1.82) is 0 Å². The molecule has 0 radical (unpaired) electrons. The number of hydrogen-bond donors (Lipinski definition) is 0. The second-order valence-electron chi connectivity index (χ2n) is 7.26. The minimum absolute atomic E-state index is 0.244. The molecule has 0 N–H and O–H groups in total. The average molecular weight is 352 g/mol. The number of carbonyl (C=O) groups is 1. The molecule has 1 aliphatic carbocycles. The van der Waals surface area contributed by atoms with Crippen molar-refractivity contribution in [3.05, 3.63) is 23.1 Å². The molecule has 1 saturated heterocycles. The molecule has 1 amide bonds. The number of allylic oxidation sites excluding steroid dienone is 1. The zero-order valence-corrected chi connectivity index (χ0v) is 15.1. The van der Waals surface area contributed by atoms with Crippen molar-refractivity contribution < 1.29 is 14.3 Å². The van der Waals surface area contributed by atoms with Gasteiger partial charge in [0.2, 0.25) is 5.88 Å². The van der Waals surface area contributed by atoms with E-state index in [9.17, 15) is 4.79 Å². The lowest BCUT2D eigenvalue weighted by Crippen LogP contribution is -2.35. The van der Waals surface area contributed by atoms with Gasteiger partial charge in [-0.1, -0.05) is 17.7 Å². The van der Waals surface area contributed by atoms with E-state index in [0.717, 1.165) is 12.0 Å². The summed E-state index contributed by atoms with van der Waals surface area (Å²) in [6.07, 6.45) is 4.23. The zero-order valence-electron chi connectivity index (χ0n) is 14.4. The predicted molar refractivity (Wildman–Crippen MR) is 91.0 cm³/mol. The van der Waals surface area contributed by atoms with Crippen LogP contribution in [0.1, 0.15) is 32.9 Å². The van der Waals surface area contributed by atoms with Crippen LogP contribution in [0.2, 0.25) is 5.15 Å². The molecule has 7 heteroatoms. The molecule has 6 nitrogen and oxygen atoms in total. The summed E-state index contributed by atoms with van der Waals surface area (Å²) in [6.45, 7) is 6.99. The lowest BCUT2D eigenvalue weighted by Gasteiger charge is -2.24. The van der Waals surface area contributed by atoms with Crippen molar-refractivity contribution in [2.45, 2.75) is 32.8 Å². The minimum Gasteiger partial charge on any atom is -0.479 e. The Morgan fingerprint density at radius 2 is 2.12 bits per heavy atom. The molecule has 0 aromatic carbocycles. The normalized spacial score (nSPS) is 23.0. The highest BCUT2D eigenvalue weighted by Gasteiger charge is 2.40. The molecule has 1 fully saturated rings. The Bertz CT molecular complexity index is 684. The maximum Gasteiger partial charge on any atom is 0.410 e. The van der Waals surface area contributed by atoms with Crippen molar-refractivity contribution in [1.82, 2.24) is 14.9 Å². The Morgan fingerprint density at radius 3 is 2.75 bits per heavy atom. The fraction of sp³-hybridized carbons (Fsp3) is 0.588. The average Bonchev–Trinajstić information content (AvgIpc) is 3.03. The minimum atomic E-state index is -0.473. The van der Waals surface area contributed by atoms with E-state index in [0.29, 0.717) is 41.7 Å². The highest BCUT2D eigenvalue weighted by molar-refractivity contribution is 6.29. The van der Waals surface area contributed by atoms with Gasteiger partial charge in [-0.2, -0.15) is 0 Å². The van der Waals surface area contributed by atoms with Gasteiger partial charge in [-0.25, -0.2) is 14.8 Å². The summed E-state index contributed by atoms with van der Waals surface area (Å²) >= 11 is 5.97. The summed E-state index contributed by atoms with van der Waals surface area (Å²) in [7, 11) is 1.57. The second-order valence-corrected chi connectivity index (χ2v) is 7.64. The molecule has 0 saturated carbocycles. The summed E-state index contributed by atoms with van der Waals surface area (Å²) in [5, 5.41) is 0.346. The maximum atomic E-state index is 12.2. The number of amides is 1. The van der Waals surface area contributed by atoms with E-state index in [4.69, 9.17) is 21.1 Å². The molecule has 2 atom stereocenters. The molecular weight excluding hydrogens is 330 g/mol. The number of carbonyl (C=O) groups excluding carboxylic acids is 1. The third-order valence-corrected chi connectivity index (χ3v) is 4.43. The first-order valence-corrected chi connectivity index (χ1v) is 8.40. The highest BCUT2D eigenvalue weighted by Crippen LogP contribution is 2.42. The molecule has 0 spiro atoms. The summed E-state index contributed by atoms with van der Waals surface area (Å²) in [5.41, 5.74) is 1.31. The van der Waals surface area contributed by atoms with Crippen LogP contribution < -0.4 is 4.74 Å². The van der Waals surface area contributed by atoms with Crippen LogP contribution in [0.5, 0.6) is 5.88 Å². The summed E-state index contributed by atoms with van der Waals surface area (Å²) in [4.78, 5) is 22.5. The molecule has 2 unspecified atom stereocenters. The number of nitrogens with zero attached hydrogens (tertiary/aromatic N) is 3. The molecule has 2 heterocycles. The van der Waals surface area contributed by atoms with Crippen LogP contribution in [-0.4, -0.2) is 46.8 Å². The molecule has 3 rings (SSSR count). The van der Waals surface area contributed by atoms with Gasteiger partial charge in [0.25, 0.3) is 0 Å². The van der Waals surface area contributed by atoms with Crippen LogP contribution in [-0.2, 0) is 4.74 Å². The lowest BCUT2D eigenvalue weighted by molar-refractivity contribution is 0.0285. The number of rotatable bonds is 2. The first-order valence-electron chi connectivity index (χ1n) is 8.02. The summed E-state index contributed by atoms with van der Waals surface area (Å²) < 4.78 is 10.7. The number of halogens is 1. The van der Waals surface area contributed by atoms with Gasteiger partial charge in [-0.3, -0.25) is 0 Å². The molecule has 2 aliphatic rings. The summed E-state index contributed by atoms with van der Waals surface area (Å²) in [6, 6.07) is 0. The third kappa shape index (κ3) is 3.48. The molecule has 0 bridgehead atoms. The van der Waals surface area contributed by atoms with Crippen molar-refractivity contribution >= 4 is 23.3 Å². The third-order valence-electron chi connectivity index (χ3n) is 4.25. The Labute approximate surface area is 146 Å². The molecule has 1 aliphatic heterocycles. The van der Waals surface area contributed by atoms with Crippen molar-refractivity contribution in [3.63, 3.8) is 0 Å². The van der Waals surface area contributed by atoms with Crippen LogP contribution in [0.15, 0.2) is 12.3 Å². The predicted octanol–water partition coefficient (Wildman–Crippen LogP) is 3.41. The van der Waals surface area contributed by atoms with Crippen LogP contribution in [0.3, 0.4) is 0 Å². The van der Waals surface area contributed by atoms with Crippen LogP contribution in [0.25, 0.3) is 5.57 Å². The molecular formula is C17H22ClN3O3. The standard InChI is InChI=1S/C17H22ClN3O3/c1-17(2,3)24-16(22)21-8-11-5-10(6-12(11)9-21)14-15(23-4)19-7-13(18)20-14/h5,7,11-12H,6,8-9H2,1-4H3. The fourth-order valence-corrected chi connectivity index (χ4v) is 3.41. The van der Waals surface area contributed by atoms with Gasteiger partial charge in [0.05, 0.1) is 13.3 Å². The first kappa shape index (κ1) is 17.0. The van der Waals surface area contributed by atoms with E-state index in [-0.39, 0.29) is 6.09 Å². The van der Waals surface area contributed by atoms with Gasteiger partial charge in [0.1, 0.15) is 16.4 Å². The Morgan fingerprint density at radius 1 is 1.38 bits per heavy atom. The molecule has 1 aromatic rings. The van der Waals surface area contributed by atoms with Gasteiger partial charge >= 0.3 is 6.09 Å². The maximum absolute atomic E-state index is 12.2. The largest absolute Gasteiger partial charge is 0.479 e. The number of ether oxygens (including phenoxy) is 2. The van der Waals surface area contributed by atoms with Crippen LogP contribution >= 0.6 is 11.6 Å². The quantitative estimate of drug-likeness (QED) is 0.817. The Kier molecular flexibility index (Phi) is 4.42. The van der Waals surface area contributed by atoms with Crippen LogP contribution in [0, 0.1) is 11.8 Å². The van der Waals surface area contributed by atoms with Crippen molar-refractivity contribution in [2.24, 2.45) is 11.8 Å². The smallest absolute Gasteiger partial charge is 0.410 e. The van der Waals surface area contributed by atoms with E-state index >= 15 is 0 Å². The van der Waals surface area contributed by atoms with Gasteiger partial charge in [0, 0.05) is 19.0 Å². The first-order chi connectivity index (χ1) is 11.3. The number of methoxy groups -OCH3 is 1. The van der Waals surface area contributed by atoms with E-state index < -0.39 is 5.60 Å².